The zero-order valence-corrected chi connectivity index (χ0v) is 13.3. The minimum Gasteiger partial charge on any atom is -0.345 e. The van der Waals surface area contributed by atoms with Crippen molar-refractivity contribution in [1.29, 1.82) is 0 Å². The molecule has 0 radical (unpaired) electrons. The normalized spacial score (nSPS) is 12.0. The highest BCUT2D eigenvalue weighted by Crippen LogP contribution is 2.26. The van der Waals surface area contributed by atoms with Gasteiger partial charge in [-0.3, -0.25) is 4.79 Å². The molecule has 4 heteroatoms. The van der Waals surface area contributed by atoms with Crippen LogP contribution in [0.1, 0.15) is 41.7 Å². The van der Waals surface area contributed by atoms with Crippen LogP contribution in [0.25, 0.3) is 0 Å². The molecular weight excluding hydrogens is 305 g/mol. The molecule has 0 saturated heterocycles. The topological polar surface area (TPSA) is 29.1 Å². The van der Waals surface area contributed by atoms with Gasteiger partial charge in [-0.05, 0) is 24.1 Å². The van der Waals surface area contributed by atoms with Gasteiger partial charge in [0.15, 0.2) is 0 Å². The molecule has 0 aliphatic rings. The Kier molecular flexibility index (Phi) is 5.66. The van der Waals surface area contributed by atoms with E-state index in [1.165, 1.54) is 0 Å². The van der Waals surface area contributed by atoms with Crippen molar-refractivity contribution in [3.8, 4) is 0 Å². The van der Waals surface area contributed by atoms with Gasteiger partial charge in [0, 0.05) is 0 Å². The zero-order valence-electron chi connectivity index (χ0n) is 11.8. The molecule has 0 fully saturated rings. The van der Waals surface area contributed by atoms with Gasteiger partial charge in [0.25, 0.3) is 5.91 Å². The molecule has 1 amide bonds. The maximum atomic E-state index is 12.4. The number of nitrogens with one attached hydrogen (secondary N) is 1. The first-order valence-corrected chi connectivity index (χ1v) is 7.69. The summed E-state index contributed by atoms with van der Waals surface area (Å²) in [5.74, 6) is -0.204. The van der Waals surface area contributed by atoms with Gasteiger partial charge < -0.3 is 5.32 Å². The minimum absolute atomic E-state index is 0.0289. The number of carbonyl (C=O) groups excluding carboxylic acids is 1. The summed E-state index contributed by atoms with van der Waals surface area (Å²) in [6, 6.07) is 15.0. The number of amides is 1. The Morgan fingerprint density at radius 2 is 1.81 bits per heavy atom. The smallest absolute Gasteiger partial charge is 0.253 e. The Labute approximate surface area is 135 Å². The van der Waals surface area contributed by atoms with E-state index in [2.05, 4.69) is 12.2 Å². The standard InChI is InChI=1S/C17H17Cl2NO/c1-2-7-15(12-8-4-3-5-9-12)20-17(21)13-10-6-11-14(18)16(13)19/h3-6,8-11,15H,2,7H2,1H3,(H,20,21). The second-order valence-electron chi connectivity index (χ2n) is 4.83. The molecule has 0 aliphatic heterocycles. The molecular formula is C17H17Cl2NO. The Morgan fingerprint density at radius 1 is 1.10 bits per heavy atom. The van der Waals surface area contributed by atoms with Crippen LogP contribution < -0.4 is 5.32 Å². The Morgan fingerprint density at radius 3 is 2.48 bits per heavy atom. The van der Waals surface area contributed by atoms with Gasteiger partial charge in [0.05, 0.1) is 21.7 Å². The Bertz CT molecular complexity index is 613. The first kappa shape index (κ1) is 15.9. The molecule has 2 aromatic rings. The predicted molar refractivity (Wildman–Crippen MR) is 88.0 cm³/mol. The summed E-state index contributed by atoms with van der Waals surface area (Å²) in [5.41, 5.74) is 1.49. The fourth-order valence-electron chi connectivity index (χ4n) is 2.21. The van der Waals surface area contributed by atoms with Crippen molar-refractivity contribution in [2.75, 3.05) is 0 Å². The van der Waals surface area contributed by atoms with Crippen molar-refractivity contribution >= 4 is 29.1 Å². The van der Waals surface area contributed by atoms with Gasteiger partial charge in [-0.1, -0.05) is 72.9 Å². The van der Waals surface area contributed by atoms with Crippen molar-refractivity contribution in [1.82, 2.24) is 5.32 Å². The molecule has 0 bridgehead atoms. The lowest BCUT2D eigenvalue weighted by Crippen LogP contribution is -2.28. The summed E-state index contributed by atoms with van der Waals surface area (Å²) >= 11 is 12.1. The summed E-state index contributed by atoms with van der Waals surface area (Å²) in [6.45, 7) is 2.09. The average molecular weight is 322 g/mol. The lowest BCUT2D eigenvalue weighted by molar-refractivity contribution is 0.0934. The van der Waals surface area contributed by atoms with Gasteiger partial charge in [-0.15, -0.1) is 0 Å². The SMILES string of the molecule is CCCC(NC(=O)c1cccc(Cl)c1Cl)c1ccccc1. The molecule has 2 aromatic carbocycles. The van der Waals surface area contributed by atoms with E-state index in [1.807, 2.05) is 30.3 Å². The van der Waals surface area contributed by atoms with Crippen LogP contribution >= 0.6 is 23.2 Å². The van der Waals surface area contributed by atoms with Crippen LogP contribution in [-0.4, -0.2) is 5.91 Å². The molecule has 1 unspecified atom stereocenters. The molecule has 2 nitrogen and oxygen atoms in total. The number of carbonyl (C=O) groups is 1. The minimum atomic E-state index is -0.204. The Hall–Kier alpha value is -1.51. The van der Waals surface area contributed by atoms with Crippen LogP contribution in [0.15, 0.2) is 48.5 Å². The number of halogens is 2. The largest absolute Gasteiger partial charge is 0.345 e. The monoisotopic (exact) mass is 321 g/mol. The predicted octanol–water partition coefficient (Wildman–Crippen LogP) is 5.26. The average Bonchev–Trinajstić information content (AvgIpc) is 2.50. The lowest BCUT2D eigenvalue weighted by Gasteiger charge is -2.19. The van der Waals surface area contributed by atoms with Gasteiger partial charge in [0.1, 0.15) is 0 Å². The van der Waals surface area contributed by atoms with Gasteiger partial charge in [-0.2, -0.15) is 0 Å². The van der Waals surface area contributed by atoms with Crippen LogP contribution in [0, 0.1) is 0 Å². The molecule has 0 aliphatic carbocycles. The maximum absolute atomic E-state index is 12.4. The third-order valence-electron chi connectivity index (χ3n) is 3.28. The summed E-state index contributed by atoms with van der Waals surface area (Å²) in [6.07, 6.45) is 1.84. The van der Waals surface area contributed by atoms with Gasteiger partial charge >= 0.3 is 0 Å². The van der Waals surface area contributed by atoms with Crippen LogP contribution in [-0.2, 0) is 0 Å². The molecule has 0 heterocycles. The highest BCUT2D eigenvalue weighted by atomic mass is 35.5. The maximum Gasteiger partial charge on any atom is 0.253 e. The fourth-order valence-corrected chi connectivity index (χ4v) is 2.60. The van der Waals surface area contributed by atoms with E-state index in [0.29, 0.717) is 15.6 Å². The van der Waals surface area contributed by atoms with E-state index >= 15 is 0 Å². The number of hydrogen-bond donors (Lipinski definition) is 1. The van der Waals surface area contributed by atoms with E-state index in [1.54, 1.807) is 18.2 Å². The van der Waals surface area contributed by atoms with Crippen LogP contribution in [0.2, 0.25) is 10.0 Å². The van der Waals surface area contributed by atoms with Gasteiger partial charge in [0.2, 0.25) is 0 Å². The molecule has 2 rings (SSSR count). The van der Waals surface area contributed by atoms with Crippen molar-refractivity contribution in [3.05, 3.63) is 69.7 Å². The van der Waals surface area contributed by atoms with Gasteiger partial charge in [-0.25, -0.2) is 0 Å². The highest BCUT2D eigenvalue weighted by molar-refractivity contribution is 6.43. The molecule has 0 saturated carbocycles. The first-order valence-electron chi connectivity index (χ1n) is 6.93. The van der Waals surface area contributed by atoms with E-state index in [9.17, 15) is 4.79 Å². The summed E-state index contributed by atoms with van der Waals surface area (Å²) in [4.78, 5) is 12.4. The van der Waals surface area contributed by atoms with Crippen LogP contribution in [0.5, 0.6) is 0 Å². The van der Waals surface area contributed by atoms with Crippen LogP contribution in [0.4, 0.5) is 0 Å². The molecule has 1 atom stereocenters. The summed E-state index contributed by atoms with van der Waals surface area (Å²) < 4.78 is 0. The van der Waals surface area contributed by atoms with Crippen LogP contribution in [0.3, 0.4) is 0 Å². The van der Waals surface area contributed by atoms with Crippen molar-refractivity contribution in [2.24, 2.45) is 0 Å². The third kappa shape index (κ3) is 3.99. The van der Waals surface area contributed by atoms with Crippen molar-refractivity contribution in [3.63, 3.8) is 0 Å². The summed E-state index contributed by atoms with van der Waals surface area (Å²) in [7, 11) is 0. The second kappa shape index (κ2) is 7.48. The molecule has 21 heavy (non-hydrogen) atoms. The van der Waals surface area contributed by atoms with E-state index in [4.69, 9.17) is 23.2 Å². The Balaban J connectivity index is 2.21. The molecule has 0 spiro atoms. The van der Waals surface area contributed by atoms with E-state index in [-0.39, 0.29) is 11.9 Å². The molecule has 1 N–H and O–H groups in total. The van der Waals surface area contributed by atoms with Crippen molar-refractivity contribution < 1.29 is 4.79 Å². The van der Waals surface area contributed by atoms with E-state index < -0.39 is 0 Å². The zero-order chi connectivity index (χ0) is 15.2. The second-order valence-corrected chi connectivity index (χ2v) is 5.61. The lowest BCUT2D eigenvalue weighted by atomic mass is 10.0. The molecule has 0 aromatic heterocycles. The summed E-state index contributed by atoms with van der Waals surface area (Å²) in [5, 5.41) is 3.71. The quantitative estimate of drug-likeness (QED) is 0.799. The highest BCUT2D eigenvalue weighted by Gasteiger charge is 2.17. The third-order valence-corrected chi connectivity index (χ3v) is 4.10. The first-order chi connectivity index (χ1) is 10.1. The van der Waals surface area contributed by atoms with Crippen molar-refractivity contribution in [2.45, 2.75) is 25.8 Å². The number of benzene rings is 2. The number of hydrogen-bond acceptors (Lipinski definition) is 1. The molecule has 110 valence electrons. The fraction of sp³-hybridized carbons (Fsp3) is 0.235. The number of rotatable bonds is 5. The van der Waals surface area contributed by atoms with E-state index in [0.717, 1.165) is 18.4 Å².